The smallest absolute Gasteiger partial charge is 0.210 e. The average molecular weight is 380 g/mol. The van der Waals surface area contributed by atoms with Crippen LogP contribution in [0.15, 0.2) is 32.1 Å². The predicted octanol–water partition coefficient (Wildman–Crippen LogP) is 2.48. The van der Waals surface area contributed by atoms with Gasteiger partial charge in [0.2, 0.25) is 5.96 Å². The van der Waals surface area contributed by atoms with E-state index >= 15 is 0 Å². The van der Waals surface area contributed by atoms with Crippen molar-refractivity contribution in [3.05, 3.63) is 27.1 Å². The summed E-state index contributed by atoms with van der Waals surface area (Å²) in [7, 11) is 1.64. The van der Waals surface area contributed by atoms with Crippen molar-refractivity contribution < 1.29 is 4.74 Å². The first kappa shape index (κ1) is 15.4. The zero-order valence-corrected chi connectivity index (χ0v) is 13.4. The van der Waals surface area contributed by atoms with Crippen molar-refractivity contribution in [1.29, 1.82) is 0 Å². The summed E-state index contributed by atoms with van der Waals surface area (Å²) in [5, 5.41) is 3.11. The molecule has 7 heteroatoms. The number of hydrogen-bond donors (Lipinski definition) is 3. The Morgan fingerprint density at radius 1 is 1.50 bits per heavy atom. The van der Waals surface area contributed by atoms with Crippen molar-refractivity contribution >= 4 is 43.5 Å². The van der Waals surface area contributed by atoms with Crippen LogP contribution in [0, 0.1) is 0 Å². The van der Waals surface area contributed by atoms with E-state index in [-0.39, 0.29) is 6.04 Å². The van der Waals surface area contributed by atoms with Gasteiger partial charge in [0, 0.05) is 16.1 Å². The van der Waals surface area contributed by atoms with Crippen LogP contribution < -0.4 is 16.6 Å². The van der Waals surface area contributed by atoms with E-state index < -0.39 is 0 Å². The summed E-state index contributed by atoms with van der Waals surface area (Å²) >= 11 is 6.86. The third-order valence-electron chi connectivity index (χ3n) is 2.08. The number of anilines is 1. The topological polar surface area (TPSA) is 71.7 Å². The second-order valence-electron chi connectivity index (χ2n) is 3.68. The van der Waals surface area contributed by atoms with Gasteiger partial charge < -0.3 is 10.1 Å². The lowest BCUT2D eigenvalue weighted by Crippen LogP contribution is -2.37. The third kappa shape index (κ3) is 4.93. The summed E-state index contributed by atoms with van der Waals surface area (Å²) in [6.45, 7) is 2.48. The Kier molecular flexibility index (Phi) is 6.62. The van der Waals surface area contributed by atoms with Gasteiger partial charge in [-0.05, 0) is 41.1 Å². The van der Waals surface area contributed by atoms with E-state index in [0.717, 1.165) is 14.6 Å². The molecule has 1 aromatic carbocycles. The first-order valence-corrected chi connectivity index (χ1v) is 6.90. The molecule has 0 aliphatic carbocycles. The summed E-state index contributed by atoms with van der Waals surface area (Å²) in [6.07, 6.45) is 0. The van der Waals surface area contributed by atoms with E-state index in [4.69, 9.17) is 10.6 Å². The zero-order valence-electron chi connectivity index (χ0n) is 10.2. The Hall–Kier alpha value is -0.630. The number of ether oxygens (including phenoxy) is 1. The monoisotopic (exact) mass is 378 g/mol. The Labute approximate surface area is 123 Å². The molecule has 18 heavy (non-hydrogen) atoms. The summed E-state index contributed by atoms with van der Waals surface area (Å²) in [5.74, 6) is 5.93. The Morgan fingerprint density at radius 2 is 2.22 bits per heavy atom. The van der Waals surface area contributed by atoms with Gasteiger partial charge in [-0.2, -0.15) is 0 Å². The van der Waals surface area contributed by atoms with Crippen LogP contribution in [0.3, 0.4) is 0 Å². The molecule has 0 spiro atoms. The number of methoxy groups -OCH3 is 1. The Bertz CT molecular complexity index is 426. The molecule has 5 nitrogen and oxygen atoms in total. The summed E-state index contributed by atoms with van der Waals surface area (Å²) < 4.78 is 6.91. The maximum atomic E-state index is 5.44. The van der Waals surface area contributed by atoms with Crippen LogP contribution in [0.2, 0.25) is 0 Å². The van der Waals surface area contributed by atoms with E-state index in [2.05, 4.69) is 47.6 Å². The van der Waals surface area contributed by atoms with Gasteiger partial charge in [-0.1, -0.05) is 15.9 Å². The molecule has 1 aromatic rings. The Morgan fingerprint density at radius 3 is 2.83 bits per heavy atom. The molecular formula is C11H16Br2N4O. The van der Waals surface area contributed by atoms with Crippen LogP contribution in [0.25, 0.3) is 0 Å². The molecule has 1 atom stereocenters. The van der Waals surface area contributed by atoms with E-state index in [9.17, 15) is 0 Å². The van der Waals surface area contributed by atoms with Gasteiger partial charge in [0.05, 0.1) is 18.3 Å². The molecule has 100 valence electrons. The molecule has 0 saturated carbocycles. The van der Waals surface area contributed by atoms with Crippen LogP contribution in [-0.4, -0.2) is 25.7 Å². The van der Waals surface area contributed by atoms with Crippen molar-refractivity contribution in [3.63, 3.8) is 0 Å². The fourth-order valence-electron chi connectivity index (χ4n) is 1.33. The molecule has 0 saturated heterocycles. The zero-order chi connectivity index (χ0) is 13.5. The molecule has 0 bridgehead atoms. The van der Waals surface area contributed by atoms with Crippen LogP contribution in [0.4, 0.5) is 5.69 Å². The summed E-state index contributed by atoms with van der Waals surface area (Å²) in [6, 6.07) is 5.81. The van der Waals surface area contributed by atoms with Gasteiger partial charge in [0.1, 0.15) is 0 Å². The van der Waals surface area contributed by atoms with Crippen LogP contribution in [-0.2, 0) is 4.74 Å². The van der Waals surface area contributed by atoms with Gasteiger partial charge in [-0.3, -0.25) is 5.43 Å². The fourth-order valence-corrected chi connectivity index (χ4v) is 2.03. The first-order chi connectivity index (χ1) is 8.56. The predicted molar refractivity (Wildman–Crippen MR) is 81.6 cm³/mol. The first-order valence-electron chi connectivity index (χ1n) is 5.32. The molecule has 0 amide bonds. The maximum Gasteiger partial charge on any atom is 0.210 e. The number of halogens is 2. The second-order valence-corrected chi connectivity index (χ2v) is 5.45. The highest BCUT2D eigenvalue weighted by Gasteiger charge is 2.05. The van der Waals surface area contributed by atoms with Crippen molar-refractivity contribution in [2.75, 3.05) is 19.0 Å². The lowest BCUT2D eigenvalue weighted by Gasteiger charge is -2.13. The Balaban J connectivity index is 2.82. The molecule has 1 rings (SSSR count). The number of benzene rings is 1. The molecule has 0 aromatic heterocycles. The lowest BCUT2D eigenvalue weighted by molar-refractivity contribution is 0.185. The number of rotatable bonds is 4. The number of aliphatic imine (C=N–C) groups is 1. The minimum absolute atomic E-state index is 0.0134. The second kappa shape index (κ2) is 7.73. The number of nitrogens with one attached hydrogen (secondary N) is 2. The highest BCUT2D eigenvalue weighted by Crippen LogP contribution is 2.25. The number of guanidine groups is 1. The van der Waals surface area contributed by atoms with E-state index in [1.165, 1.54) is 0 Å². The molecule has 0 fully saturated rings. The van der Waals surface area contributed by atoms with Crippen molar-refractivity contribution in [2.45, 2.75) is 13.0 Å². The average Bonchev–Trinajstić information content (AvgIpc) is 2.33. The quantitative estimate of drug-likeness (QED) is 0.325. The number of nitrogens with zero attached hydrogens (tertiary/aromatic N) is 1. The minimum Gasteiger partial charge on any atom is -0.382 e. The standard InChI is InChI=1S/C11H16Br2N4O/c1-7(6-18-2)15-11(17-14)16-10-5-8(12)3-4-9(10)13/h3-5,7H,6,14H2,1-2H3,(H2,15,16,17). The highest BCUT2D eigenvalue weighted by molar-refractivity contribution is 9.11. The van der Waals surface area contributed by atoms with Crippen LogP contribution in [0.1, 0.15) is 6.92 Å². The molecule has 0 radical (unpaired) electrons. The summed E-state index contributed by atoms with van der Waals surface area (Å²) in [5.41, 5.74) is 3.40. The van der Waals surface area contributed by atoms with E-state index in [0.29, 0.717) is 12.6 Å². The van der Waals surface area contributed by atoms with Gasteiger partial charge in [-0.15, -0.1) is 0 Å². The molecule has 0 heterocycles. The van der Waals surface area contributed by atoms with Crippen molar-refractivity contribution in [3.8, 4) is 0 Å². The molecule has 4 N–H and O–H groups in total. The van der Waals surface area contributed by atoms with Gasteiger partial charge in [0.25, 0.3) is 0 Å². The SMILES string of the molecule is COCC(C)N=C(NN)Nc1cc(Br)ccc1Br. The molecule has 0 aliphatic heterocycles. The van der Waals surface area contributed by atoms with Crippen LogP contribution >= 0.6 is 31.9 Å². The maximum absolute atomic E-state index is 5.44. The summed E-state index contributed by atoms with van der Waals surface area (Å²) in [4.78, 5) is 4.36. The van der Waals surface area contributed by atoms with E-state index in [1.54, 1.807) is 7.11 Å². The largest absolute Gasteiger partial charge is 0.382 e. The normalized spacial score (nSPS) is 13.3. The number of hydrazine groups is 1. The van der Waals surface area contributed by atoms with Crippen molar-refractivity contribution in [1.82, 2.24) is 5.43 Å². The van der Waals surface area contributed by atoms with Gasteiger partial charge in [-0.25, -0.2) is 10.8 Å². The van der Waals surface area contributed by atoms with E-state index in [1.807, 2.05) is 25.1 Å². The fraction of sp³-hybridized carbons (Fsp3) is 0.364. The van der Waals surface area contributed by atoms with Crippen molar-refractivity contribution in [2.24, 2.45) is 10.8 Å². The highest BCUT2D eigenvalue weighted by atomic mass is 79.9. The van der Waals surface area contributed by atoms with Gasteiger partial charge >= 0.3 is 0 Å². The molecule has 0 aliphatic rings. The number of nitrogens with two attached hydrogens (primary N) is 1. The minimum atomic E-state index is 0.0134. The van der Waals surface area contributed by atoms with Gasteiger partial charge in [0.15, 0.2) is 0 Å². The number of hydrogen-bond acceptors (Lipinski definition) is 3. The molecular weight excluding hydrogens is 364 g/mol. The third-order valence-corrected chi connectivity index (χ3v) is 3.26. The molecule has 1 unspecified atom stereocenters. The lowest BCUT2D eigenvalue weighted by atomic mass is 10.3. The van der Waals surface area contributed by atoms with Crippen LogP contribution in [0.5, 0.6) is 0 Å².